The van der Waals surface area contributed by atoms with Crippen LogP contribution in [-0.2, 0) is 14.1 Å². The van der Waals surface area contributed by atoms with Crippen molar-refractivity contribution in [2.45, 2.75) is 12.5 Å². The summed E-state index contributed by atoms with van der Waals surface area (Å²) < 4.78 is 4.21. The zero-order chi connectivity index (χ0) is 19.8. The van der Waals surface area contributed by atoms with Gasteiger partial charge in [0.25, 0.3) is 0 Å². The Morgan fingerprint density at radius 1 is 1.04 bits per heavy atom. The molecule has 7 heteroatoms. The molecule has 1 aliphatic heterocycles. The second-order valence-electron chi connectivity index (χ2n) is 7.75. The molecule has 2 aromatic carbocycles. The number of imidazole rings is 1. The molecule has 3 aromatic rings. The van der Waals surface area contributed by atoms with Crippen molar-refractivity contribution < 1.29 is 0 Å². The number of rotatable bonds is 4. The Hall–Kier alpha value is -2.93. The summed E-state index contributed by atoms with van der Waals surface area (Å²) in [5.74, 6) is 0. The van der Waals surface area contributed by atoms with E-state index in [1.165, 1.54) is 11.4 Å². The molecule has 148 valence electrons. The number of nitrogens with one attached hydrogen (secondary N) is 1. The fourth-order valence-electron chi connectivity index (χ4n) is 3.82. The minimum absolute atomic E-state index is 0.285. The number of hydrogen-bond donors (Lipinski definition) is 2. The quantitative estimate of drug-likeness (QED) is 0.681. The van der Waals surface area contributed by atoms with Crippen LogP contribution in [0.15, 0.2) is 47.6 Å². The first-order chi connectivity index (χ1) is 13.4. The predicted octanol–water partition coefficient (Wildman–Crippen LogP) is 2.05. The van der Waals surface area contributed by atoms with E-state index in [4.69, 9.17) is 5.73 Å². The lowest BCUT2D eigenvalue weighted by Gasteiger charge is -2.18. The third-order valence-electron chi connectivity index (χ3n) is 5.54. The monoisotopic (exact) mass is 379 g/mol. The lowest BCUT2D eigenvalue weighted by Crippen LogP contribution is -2.26. The van der Waals surface area contributed by atoms with Crippen molar-refractivity contribution in [2.24, 2.45) is 24.9 Å². The van der Waals surface area contributed by atoms with E-state index in [0.717, 1.165) is 41.8 Å². The highest BCUT2D eigenvalue weighted by molar-refractivity contribution is 5.80. The van der Waals surface area contributed by atoms with Crippen molar-refractivity contribution >= 4 is 28.1 Å². The summed E-state index contributed by atoms with van der Waals surface area (Å²) in [6.45, 7) is 1.96. The number of benzene rings is 2. The van der Waals surface area contributed by atoms with Crippen LogP contribution in [0.1, 0.15) is 6.42 Å². The Labute approximate surface area is 165 Å². The number of aryl methyl sites for hydroxylation is 2. The Balaban J connectivity index is 1.60. The molecule has 0 aliphatic carbocycles. The number of aromatic nitrogens is 2. The molecule has 1 unspecified atom stereocenters. The summed E-state index contributed by atoms with van der Waals surface area (Å²) in [4.78, 5) is 4.44. The molecular formula is C21H29N7. The predicted molar refractivity (Wildman–Crippen MR) is 117 cm³/mol. The lowest BCUT2D eigenvalue weighted by atomic mass is 10.2. The SMILES string of the molecule is CN(C)c1ccc2c(c1)n(C)c(=NNc1ccc(N3CCC(N)C3)cc1)n2C. The lowest BCUT2D eigenvalue weighted by molar-refractivity contribution is 0.752. The van der Waals surface area contributed by atoms with Gasteiger partial charge in [-0.1, -0.05) is 0 Å². The first-order valence-corrected chi connectivity index (χ1v) is 9.67. The Morgan fingerprint density at radius 3 is 2.39 bits per heavy atom. The van der Waals surface area contributed by atoms with Gasteiger partial charge >= 0.3 is 0 Å². The van der Waals surface area contributed by atoms with E-state index in [1.807, 2.05) is 14.1 Å². The van der Waals surface area contributed by atoms with Gasteiger partial charge in [0.15, 0.2) is 0 Å². The maximum absolute atomic E-state index is 6.01. The molecule has 1 aliphatic rings. The second-order valence-corrected chi connectivity index (χ2v) is 7.75. The van der Waals surface area contributed by atoms with Crippen LogP contribution in [0.5, 0.6) is 0 Å². The first-order valence-electron chi connectivity index (χ1n) is 9.67. The average Bonchev–Trinajstić information content (AvgIpc) is 3.23. The molecular weight excluding hydrogens is 350 g/mol. The number of hydrogen-bond acceptors (Lipinski definition) is 5. The molecule has 7 nitrogen and oxygen atoms in total. The van der Waals surface area contributed by atoms with Crippen molar-refractivity contribution in [3.8, 4) is 0 Å². The molecule has 2 heterocycles. The van der Waals surface area contributed by atoms with Crippen LogP contribution in [0.2, 0.25) is 0 Å². The molecule has 0 saturated carbocycles. The highest BCUT2D eigenvalue weighted by atomic mass is 15.3. The largest absolute Gasteiger partial charge is 0.378 e. The molecule has 1 saturated heterocycles. The van der Waals surface area contributed by atoms with Crippen molar-refractivity contribution in [1.82, 2.24) is 9.13 Å². The summed E-state index contributed by atoms with van der Waals surface area (Å²) >= 11 is 0. The van der Waals surface area contributed by atoms with E-state index in [9.17, 15) is 0 Å². The van der Waals surface area contributed by atoms with Crippen LogP contribution in [0, 0.1) is 0 Å². The van der Waals surface area contributed by atoms with Crippen LogP contribution >= 0.6 is 0 Å². The van der Waals surface area contributed by atoms with E-state index in [-0.39, 0.29) is 6.04 Å². The Bertz CT molecular complexity index is 1040. The van der Waals surface area contributed by atoms with E-state index < -0.39 is 0 Å². The number of anilines is 3. The van der Waals surface area contributed by atoms with E-state index in [0.29, 0.717) is 0 Å². The zero-order valence-corrected chi connectivity index (χ0v) is 17.1. The fraction of sp³-hybridized carbons (Fsp3) is 0.381. The minimum atomic E-state index is 0.285. The van der Waals surface area contributed by atoms with Gasteiger partial charge in [0, 0.05) is 58.7 Å². The standard InChI is InChI=1S/C21H29N7/c1-25(2)18-9-10-19-20(13-18)27(4)21(26(19)3)24-23-16-5-7-17(8-6-16)28-12-11-15(22)14-28/h5-10,13,15,23H,11-12,14,22H2,1-4H3. The van der Waals surface area contributed by atoms with Gasteiger partial charge in [0.2, 0.25) is 5.62 Å². The number of fused-ring (bicyclic) bond motifs is 1. The van der Waals surface area contributed by atoms with Crippen LogP contribution in [0.4, 0.5) is 17.1 Å². The maximum Gasteiger partial charge on any atom is 0.227 e. The first kappa shape index (κ1) is 18.4. The topological polar surface area (TPSA) is 66.8 Å². The third-order valence-corrected chi connectivity index (χ3v) is 5.54. The number of nitrogens with two attached hydrogens (primary N) is 1. The van der Waals surface area contributed by atoms with Gasteiger partial charge in [-0.15, -0.1) is 5.10 Å². The smallest absolute Gasteiger partial charge is 0.227 e. The van der Waals surface area contributed by atoms with Crippen molar-refractivity contribution in [2.75, 3.05) is 42.4 Å². The van der Waals surface area contributed by atoms with Gasteiger partial charge in [0.05, 0.1) is 16.7 Å². The van der Waals surface area contributed by atoms with Crippen molar-refractivity contribution in [1.29, 1.82) is 0 Å². The minimum Gasteiger partial charge on any atom is -0.378 e. The maximum atomic E-state index is 6.01. The zero-order valence-electron chi connectivity index (χ0n) is 17.1. The fourth-order valence-corrected chi connectivity index (χ4v) is 3.82. The normalized spacial score (nSPS) is 17.5. The molecule has 0 bridgehead atoms. The molecule has 0 spiro atoms. The van der Waals surface area contributed by atoms with Crippen LogP contribution in [0.3, 0.4) is 0 Å². The molecule has 0 amide bonds. The van der Waals surface area contributed by atoms with Gasteiger partial charge in [-0.25, -0.2) is 0 Å². The Morgan fingerprint density at radius 2 is 1.75 bits per heavy atom. The highest BCUT2D eigenvalue weighted by Gasteiger charge is 2.18. The van der Waals surface area contributed by atoms with E-state index >= 15 is 0 Å². The van der Waals surface area contributed by atoms with Crippen LogP contribution in [-0.4, -0.2) is 42.4 Å². The molecule has 1 atom stereocenters. The molecule has 28 heavy (non-hydrogen) atoms. The van der Waals surface area contributed by atoms with E-state index in [2.05, 4.69) is 86.0 Å². The van der Waals surface area contributed by atoms with E-state index in [1.54, 1.807) is 0 Å². The molecule has 4 rings (SSSR count). The Kier molecular flexibility index (Phi) is 4.77. The van der Waals surface area contributed by atoms with Gasteiger partial charge < -0.3 is 24.7 Å². The van der Waals surface area contributed by atoms with Crippen LogP contribution < -0.4 is 26.6 Å². The van der Waals surface area contributed by atoms with Gasteiger partial charge in [0.1, 0.15) is 0 Å². The number of nitrogens with zero attached hydrogens (tertiary/aromatic N) is 5. The van der Waals surface area contributed by atoms with Crippen molar-refractivity contribution in [3.63, 3.8) is 0 Å². The summed E-state index contributed by atoms with van der Waals surface area (Å²) in [5.41, 5.74) is 15.7. The third kappa shape index (κ3) is 3.33. The molecule has 1 aromatic heterocycles. The average molecular weight is 380 g/mol. The molecule has 0 radical (unpaired) electrons. The van der Waals surface area contributed by atoms with Gasteiger partial charge in [-0.2, -0.15) is 0 Å². The van der Waals surface area contributed by atoms with Crippen molar-refractivity contribution in [3.05, 3.63) is 48.1 Å². The van der Waals surface area contributed by atoms with Gasteiger partial charge in [-0.3, -0.25) is 5.43 Å². The highest BCUT2D eigenvalue weighted by Crippen LogP contribution is 2.22. The summed E-state index contributed by atoms with van der Waals surface area (Å²) in [5, 5.41) is 4.66. The second kappa shape index (κ2) is 7.24. The summed E-state index contributed by atoms with van der Waals surface area (Å²) in [7, 11) is 8.19. The summed E-state index contributed by atoms with van der Waals surface area (Å²) in [6, 6.07) is 15.1. The molecule has 1 fully saturated rings. The van der Waals surface area contributed by atoms with Crippen LogP contribution in [0.25, 0.3) is 11.0 Å². The molecule has 3 N–H and O–H groups in total. The van der Waals surface area contributed by atoms with Gasteiger partial charge in [-0.05, 0) is 48.9 Å². The summed E-state index contributed by atoms with van der Waals surface area (Å²) in [6.07, 6.45) is 1.06.